The average Bonchev–Trinajstić information content (AvgIpc) is 2.63. The Morgan fingerprint density at radius 1 is 1.39 bits per heavy atom. The summed E-state index contributed by atoms with van der Waals surface area (Å²) in [5.74, 6) is -0.334. The van der Waals surface area contributed by atoms with Crippen LogP contribution in [0.15, 0.2) is 27.4 Å². The van der Waals surface area contributed by atoms with Gasteiger partial charge in [-0.05, 0) is 31.2 Å². The van der Waals surface area contributed by atoms with E-state index < -0.39 is 0 Å². The van der Waals surface area contributed by atoms with E-state index in [2.05, 4.69) is 4.90 Å². The fraction of sp³-hybridized carbons (Fsp3) is 0.462. The minimum atomic E-state index is -0.334. The van der Waals surface area contributed by atoms with Gasteiger partial charge >= 0.3 is 5.76 Å². The Morgan fingerprint density at radius 2 is 2.17 bits per heavy atom. The van der Waals surface area contributed by atoms with Gasteiger partial charge in [0.25, 0.3) is 0 Å². The van der Waals surface area contributed by atoms with Gasteiger partial charge < -0.3 is 14.4 Å². The molecule has 0 saturated heterocycles. The average molecular weight is 250 g/mol. The molecule has 2 aromatic rings. The van der Waals surface area contributed by atoms with Crippen LogP contribution in [0, 0.1) is 0 Å². The molecule has 0 spiro atoms. The maximum Gasteiger partial charge on any atom is 0.419 e. The highest BCUT2D eigenvalue weighted by molar-refractivity contribution is 5.73. The highest BCUT2D eigenvalue weighted by Gasteiger charge is 2.06. The number of hydrogen-bond donors (Lipinski definition) is 1. The molecular formula is C13H18N2O3. The first kappa shape index (κ1) is 12.9. The smallest absolute Gasteiger partial charge is 0.408 e. The summed E-state index contributed by atoms with van der Waals surface area (Å²) < 4.78 is 6.64. The van der Waals surface area contributed by atoms with Gasteiger partial charge in [-0.15, -0.1) is 0 Å². The monoisotopic (exact) mass is 250 g/mol. The second kappa shape index (κ2) is 5.37. The van der Waals surface area contributed by atoms with Crippen molar-refractivity contribution in [2.24, 2.45) is 7.05 Å². The van der Waals surface area contributed by atoms with Crippen LogP contribution < -0.4 is 5.76 Å². The number of aromatic nitrogens is 1. The van der Waals surface area contributed by atoms with Gasteiger partial charge in [-0.2, -0.15) is 0 Å². The van der Waals surface area contributed by atoms with Crippen LogP contribution in [-0.2, 0) is 13.5 Å². The number of fused-ring (bicyclic) bond motifs is 1. The predicted octanol–water partition coefficient (Wildman–Crippen LogP) is 0.598. The standard InChI is InChI=1S/C13H18N2O3/c1-14(7-8-16)6-5-10-3-4-11-12(9-10)18-13(17)15(11)2/h3-4,9,16H,5-8H2,1-2H3. The maximum atomic E-state index is 11.4. The molecule has 0 bridgehead atoms. The third kappa shape index (κ3) is 2.63. The molecule has 0 unspecified atom stereocenters. The molecule has 5 nitrogen and oxygen atoms in total. The zero-order valence-electron chi connectivity index (χ0n) is 10.7. The van der Waals surface area contributed by atoms with Crippen molar-refractivity contribution in [2.75, 3.05) is 26.7 Å². The van der Waals surface area contributed by atoms with Crippen LogP contribution in [0.4, 0.5) is 0 Å². The lowest BCUT2D eigenvalue weighted by molar-refractivity contribution is 0.223. The molecule has 1 aromatic heterocycles. The second-order valence-corrected chi connectivity index (χ2v) is 4.51. The van der Waals surface area contributed by atoms with E-state index in [1.807, 2.05) is 25.2 Å². The van der Waals surface area contributed by atoms with E-state index in [4.69, 9.17) is 9.52 Å². The number of nitrogens with zero attached hydrogens (tertiary/aromatic N) is 2. The summed E-state index contributed by atoms with van der Waals surface area (Å²) in [6.07, 6.45) is 0.866. The van der Waals surface area contributed by atoms with Crippen molar-refractivity contribution in [3.8, 4) is 0 Å². The molecule has 5 heteroatoms. The molecule has 18 heavy (non-hydrogen) atoms. The fourth-order valence-electron chi connectivity index (χ4n) is 1.94. The lowest BCUT2D eigenvalue weighted by Crippen LogP contribution is -2.24. The Balaban J connectivity index is 2.13. The largest absolute Gasteiger partial charge is 0.419 e. The number of likely N-dealkylation sites (N-methyl/N-ethyl adjacent to an activating group) is 1. The lowest BCUT2D eigenvalue weighted by atomic mass is 10.1. The van der Waals surface area contributed by atoms with Gasteiger partial charge in [-0.3, -0.25) is 4.57 Å². The molecule has 98 valence electrons. The van der Waals surface area contributed by atoms with Gasteiger partial charge in [0, 0.05) is 20.1 Å². The molecule has 1 heterocycles. The first-order valence-corrected chi connectivity index (χ1v) is 5.99. The van der Waals surface area contributed by atoms with Crippen molar-refractivity contribution in [2.45, 2.75) is 6.42 Å². The summed E-state index contributed by atoms with van der Waals surface area (Å²) >= 11 is 0. The van der Waals surface area contributed by atoms with Crippen LogP contribution in [0.25, 0.3) is 11.1 Å². The number of aliphatic hydroxyl groups is 1. The molecule has 1 N–H and O–H groups in total. The van der Waals surface area contributed by atoms with Crippen LogP contribution >= 0.6 is 0 Å². The van der Waals surface area contributed by atoms with Gasteiger partial charge in [-0.25, -0.2) is 4.79 Å². The molecule has 2 rings (SSSR count). The van der Waals surface area contributed by atoms with Crippen molar-refractivity contribution in [1.29, 1.82) is 0 Å². The van der Waals surface area contributed by atoms with Crippen LogP contribution in [-0.4, -0.2) is 41.3 Å². The van der Waals surface area contributed by atoms with E-state index in [-0.39, 0.29) is 12.4 Å². The van der Waals surface area contributed by atoms with Gasteiger partial charge in [0.1, 0.15) is 0 Å². The maximum absolute atomic E-state index is 11.4. The minimum Gasteiger partial charge on any atom is -0.408 e. The molecule has 0 amide bonds. The predicted molar refractivity (Wildman–Crippen MR) is 69.7 cm³/mol. The SMILES string of the molecule is CN(CCO)CCc1ccc2c(c1)oc(=O)n2C. The van der Waals surface area contributed by atoms with E-state index in [0.29, 0.717) is 12.1 Å². The zero-order valence-corrected chi connectivity index (χ0v) is 10.7. The Kier molecular flexibility index (Phi) is 3.84. The topological polar surface area (TPSA) is 58.6 Å². The van der Waals surface area contributed by atoms with Crippen LogP contribution in [0.2, 0.25) is 0 Å². The number of aliphatic hydroxyl groups excluding tert-OH is 1. The van der Waals surface area contributed by atoms with E-state index in [0.717, 1.165) is 24.0 Å². The van der Waals surface area contributed by atoms with E-state index in [9.17, 15) is 4.79 Å². The molecule has 0 saturated carbocycles. The normalized spacial score (nSPS) is 11.6. The molecule has 0 atom stereocenters. The highest BCUT2D eigenvalue weighted by Crippen LogP contribution is 2.14. The van der Waals surface area contributed by atoms with Gasteiger partial charge in [0.15, 0.2) is 5.58 Å². The first-order chi connectivity index (χ1) is 8.61. The summed E-state index contributed by atoms with van der Waals surface area (Å²) in [4.78, 5) is 13.4. The highest BCUT2D eigenvalue weighted by atomic mass is 16.4. The Morgan fingerprint density at radius 3 is 2.89 bits per heavy atom. The van der Waals surface area contributed by atoms with Gasteiger partial charge in [0.05, 0.1) is 12.1 Å². The van der Waals surface area contributed by atoms with Gasteiger partial charge in [-0.1, -0.05) is 6.07 Å². The third-order valence-corrected chi connectivity index (χ3v) is 3.12. The fourth-order valence-corrected chi connectivity index (χ4v) is 1.94. The van der Waals surface area contributed by atoms with Crippen LogP contribution in [0.1, 0.15) is 5.56 Å². The molecule has 0 aliphatic carbocycles. The second-order valence-electron chi connectivity index (χ2n) is 4.51. The van der Waals surface area contributed by atoms with Crippen molar-refractivity contribution < 1.29 is 9.52 Å². The molecule has 0 radical (unpaired) electrons. The van der Waals surface area contributed by atoms with E-state index in [1.165, 1.54) is 4.57 Å². The first-order valence-electron chi connectivity index (χ1n) is 5.99. The third-order valence-electron chi connectivity index (χ3n) is 3.12. The minimum absolute atomic E-state index is 0.170. The van der Waals surface area contributed by atoms with Crippen molar-refractivity contribution in [3.63, 3.8) is 0 Å². The van der Waals surface area contributed by atoms with Crippen LogP contribution in [0.3, 0.4) is 0 Å². The van der Waals surface area contributed by atoms with E-state index >= 15 is 0 Å². The van der Waals surface area contributed by atoms with Crippen molar-refractivity contribution in [3.05, 3.63) is 34.3 Å². The number of aryl methyl sites for hydroxylation is 1. The molecule has 0 aliphatic heterocycles. The quantitative estimate of drug-likeness (QED) is 0.844. The molecular weight excluding hydrogens is 232 g/mol. The summed E-state index contributed by atoms with van der Waals surface area (Å²) in [5, 5.41) is 8.81. The number of rotatable bonds is 5. The summed E-state index contributed by atoms with van der Waals surface area (Å²) in [7, 11) is 3.67. The lowest BCUT2D eigenvalue weighted by Gasteiger charge is -2.14. The summed E-state index contributed by atoms with van der Waals surface area (Å²) in [6, 6.07) is 5.81. The number of benzene rings is 1. The molecule has 0 aliphatic rings. The Labute approximate surface area is 105 Å². The Bertz CT molecular complexity index is 585. The number of oxazole rings is 1. The zero-order chi connectivity index (χ0) is 13.1. The summed E-state index contributed by atoms with van der Waals surface area (Å²) in [6.45, 7) is 1.70. The molecule has 0 fully saturated rings. The van der Waals surface area contributed by atoms with Crippen LogP contribution in [0.5, 0.6) is 0 Å². The van der Waals surface area contributed by atoms with E-state index in [1.54, 1.807) is 7.05 Å². The molecule has 1 aromatic carbocycles. The number of hydrogen-bond acceptors (Lipinski definition) is 4. The van der Waals surface area contributed by atoms with Crippen molar-refractivity contribution >= 4 is 11.1 Å². The van der Waals surface area contributed by atoms with Gasteiger partial charge in [0.2, 0.25) is 0 Å². The Hall–Kier alpha value is -1.59. The summed E-state index contributed by atoms with van der Waals surface area (Å²) in [5.41, 5.74) is 2.57. The van der Waals surface area contributed by atoms with Crippen molar-refractivity contribution in [1.82, 2.24) is 9.47 Å².